The summed E-state index contributed by atoms with van der Waals surface area (Å²) in [6.45, 7) is 1.90. The molecule has 1 fully saturated rings. The van der Waals surface area contributed by atoms with Crippen LogP contribution < -0.4 is 0 Å². The lowest BCUT2D eigenvalue weighted by Gasteiger charge is -2.37. The van der Waals surface area contributed by atoms with Crippen molar-refractivity contribution in [2.45, 2.75) is 13.2 Å². The Morgan fingerprint density at radius 2 is 1.40 bits per heavy atom. The molecule has 1 aliphatic heterocycles. The second-order valence-electron chi connectivity index (χ2n) is 5.90. The van der Waals surface area contributed by atoms with Crippen molar-refractivity contribution in [1.82, 2.24) is 4.90 Å². The zero-order valence-electron chi connectivity index (χ0n) is 13.1. The van der Waals surface area contributed by atoms with Gasteiger partial charge in [0, 0.05) is 50.9 Å². The quantitative estimate of drug-likeness (QED) is 0.602. The molecule has 0 atom stereocenters. The normalized spacial score (nSPS) is 15.0. The zero-order chi connectivity index (χ0) is 18.0. The van der Waals surface area contributed by atoms with E-state index in [1.54, 1.807) is 18.2 Å². The van der Waals surface area contributed by atoms with Crippen LogP contribution in [0.2, 0.25) is 20.1 Å². The first kappa shape index (κ1) is 18.8. The fourth-order valence-electron chi connectivity index (χ4n) is 2.69. The first-order valence-corrected chi connectivity index (χ1v) is 9.21. The Kier molecular flexibility index (Phi) is 6.13. The minimum absolute atomic E-state index is 0.0736. The fourth-order valence-corrected chi connectivity index (χ4v) is 3.71. The third-order valence-corrected chi connectivity index (χ3v) is 5.57. The second kappa shape index (κ2) is 8.15. The van der Waals surface area contributed by atoms with Crippen LogP contribution in [0.4, 0.5) is 0 Å². The molecule has 0 radical (unpaired) electrons. The first-order chi connectivity index (χ1) is 12.0. The molecule has 0 unspecified atom stereocenters. The summed E-state index contributed by atoms with van der Waals surface area (Å²) in [4.78, 5) is 14.3. The Morgan fingerprint density at radius 3 is 1.92 bits per heavy atom. The highest BCUT2D eigenvalue weighted by Gasteiger charge is 2.34. The van der Waals surface area contributed by atoms with E-state index in [1.807, 2.05) is 18.2 Å². The molecule has 0 aliphatic carbocycles. The van der Waals surface area contributed by atoms with Crippen LogP contribution in [-0.4, -0.2) is 24.0 Å². The SMILES string of the molecule is O=C(OCc1c(Cl)cccc1Cl)C1CN(Cc2c(Cl)cccc2Cl)C1. The van der Waals surface area contributed by atoms with Crippen molar-refractivity contribution in [3.63, 3.8) is 0 Å². The number of carbonyl (C=O) groups is 1. The van der Waals surface area contributed by atoms with Crippen LogP contribution in [0.15, 0.2) is 36.4 Å². The van der Waals surface area contributed by atoms with E-state index in [0.29, 0.717) is 45.3 Å². The molecule has 3 nitrogen and oxygen atoms in total. The number of carbonyl (C=O) groups excluding carboxylic acids is 1. The molecule has 1 aliphatic rings. The molecule has 2 aromatic carbocycles. The summed E-state index contributed by atoms with van der Waals surface area (Å²) in [7, 11) is 0. The molecular weight excluding hydrogens is 404 g/mol. The summed E-state index contributed by atoms with van der Waals surface area (Å²) in [5, 5.41) is 2.24. The average Bonchev–Trinajstić information content (AvgIpc) is 2.52. The lowest BCUT2D eigenvalue weighted by Crippen LogP contribution is -2.50. The van der Waals surface area contributed by atoms with E-state index in [1.165, 1.54) is 0 Å². The van der Waals surface area contributed by atoms with Gasteiger partial charge in [-0.2, -0.15) is 0 Å². The molecule has 0 spiro atoms. The van der Waals surface area contributed by atoms with Crippen LogP contribution in [0.1, 0.15) is 11.1 Å². The van der Waals surface area contributed by atoms with Crippen molar-refractivity contribution in [1.29, 1.82) is 0 Å². The lowest BCUT2D eigenvalue weighted by molar-refractivity contribution is -0.156. The number of halogens is 4. The number of hydrogen-bond donors (Lipinski definition) is 0. The summed E-state index contributed by atoms with van der Waals surface area (Å²) in [6.07, 6.45) is 0. The van der Waals surface area contributed by atoms with Gasteiger partial charge in [0.2, 0.25) is 0 Å². The van der Waals surface area contributed by atoms with Crippen LogP contribution in [-0.2, 0) is 22.7 Å². The summed E-state index contributed by atoms with van der Waals surface area (Å²) in [5.41, 5.74) is 1.50. The van der Waals surface area contributed by atoms with Crippen molar-refractivity contribution in [2.75, 3.05) is 13.1 Å². The van der Waals surface area contributed by atoms with Crippen molar-refractivity contribution >= 4 is 52.4 Å². The number of benzene rings is 2. The Bertz CT molecular complexity index is 750. The van der Waals surface area contributed by atoms with Crippen LogP contribution >= 0.6 is 46.4 Å². The third-order valence-electron chi connectivity index (χ3n) is 4.15. The van der Waals surface area contributed by atoms with Gasteiger partial charge in [0.15, 0.2) is 0 Å². The van der Waals surface area contributed by atoms with E-state index in [-0.39, 0.29) is 18.5 Å². The fraction of sp³-hybridized carbons (Fsp3) is 0.278. The van der Waals surface area contributed by atoms with Gasteiger partial charge >= 0.3 is 5.97 Å². The summed E-state index contributed by atoms with van der Waals surface area (Å²) < 4.78 is 5.35. The molecule has 0 aromatic heterocycles. The number of likely N-dealkylation sites (tertiary alicyclic amines) is 1. The predicted molar refractivity (Wildman–Crippen MR) is 101 cm³/mol. The van der Waals surface area contributed by atoms with Gasteiger partial charge in [-0.1, -0.05) is 58.5 Å². The molecule has 1 saturated heterocycles. The molecular formula is C18H15Cl4NO2. The predicted octanol–water partition coefficient (Wildman–Crippen LogP) is 5.48. The standard InChI is InChI=1S/C18H15Cl4NO2/c19-14-3-1-4-15(20)12(14)9-23-7-11(8-23)18(24)25-10-13-16(21)5-2-6-17(13)22/h1-6,11H,7-10H2. The van der Waals surface area contributed by atoms with Crippen molar-refractivity contribution < 1.29 is 9.53 Å². The van der Waals surface area contributed by atoms with Crippen LogP contribution in [0.3, 0.4) is 0 Å². The lowest BCUT2D eigenvalue weighted by atomic mass is 9.99. The molecule has 2 aromatic rings. The Hall–Kier alpha value is -0.970. The van der Waals surface area contributed by atoms with E-state index in [2.05, 4.69) is 4.90 Å². The number of hydrogen-bond acceptors (Lipinski definition) is 3. The molecule has 1 heterocycles. The van der Waals surface area contributed by atoms with Gasteiger partial charge in [0.1, 0.15) is 6.61 Å². The molecule has 0 saturated carbocycles. The largest absolute Gasteiger partial charge is 0.460 e. The van der Waals surface area contributed by atoms with E-state index in [9.17, 15) is 4.79 Å². The van der Waals surface area contributed by atoms with Crippen molar-refractivity contribution in [3.05, 3.63) is 67.6 Å². The monoisotopic (exact) mass is 417 g/mol. The van der Waals surface area contributed by atoms with Gasteiger partial charge in [-0.25, -0.2) is 0 Å². The maximum Gasteiger partial charge on any atom is 0.311 e. The number of rotatable bonds is 5. The van der Waals surface area contributed by atoms with Gasteiger partial charge in [-0.15, -0.1) is 0 Å². The van der Waals surface area contributed by atoms with E-state index in [0.717, 1.165) is 5.56 Å². The third kappa shape index (κ3) is 4.42. The van der Waals surface area contributed by atoms with Crippen molar-refractivity contribution in [2.24, 2.45) is 5.92 Å². The highest BCUT2D eigenvalue weighted by Crippen LogP contribution is 2.29. The van der Waals surface area contributed by atoms with Crippen LogP contribution in [0, 0.1) is 5.92 Å². The Labute approximate surface area is 166 Å². The maximum atomic E-state index is 12.2. The van der Waals surface area contributed by atoms with Crippen LogP contribution in [0.5, 0.6) is 0 Å². The Morgan fingerprint density at radius 1 is 0.920 bits per heavy atom. The molecule has 7 heteroatoms. The van der Waals surface area contributed by atoms with E-state index in [4.69, 9.17) is 51.1 Å². The summed E-state index contributed by atoms with van der Waals surface area (Å²) >= 11 is 24.5. The number of ether oxygens (including phenoxy) is 1. The minimum atomic E-state index is -0.252. The van der Waals surface area contributed by atoms with Crippen molar-refractivity contribution in [3.8, 4) is 0 Å². The Balaban J connectivity index is 1.50. The van der Waals surface area contributed by atoms with Gasteiger partial charge in [-0.3, -0.25) is 9.69 Å². The van der Waals surface area contributed by atoms with Gasteiger partial charge in [0.05, 0.1) is 5.92 Å². The summed E-state index contributed by atoms with van der Waals surface area (Å²) in [5.74, 6) is -0.417. The first-order valence-electron chi connectivity index (χ1n) is 7.70. The highest BCUT2D eigenvalue weighted by molar-refractivity contribution is 6.36. The van der Waals surface area contributed by atoms with Gasteiger partial charge in [-0.05, 0) is 24.3 Å². The topological polar surface area (TPSA) is 29.5 Å². The second-order valence-corrected chi connectivity index (χ2v) is 7.53. The minimum Gasteiger partial charge on any atom is -0.460 e. The maximum absolute atomic E-state index is 12.2. The van der Waals surface area contributed by atoms with Gasteiger partial charge in [0.25, 0.3) is 0 Å². The zero-order valence-corrected chi connectivity index (χ0v) is 16.2. The average molecular weight is 419 g/mol. The summed E-state index contributed by atoms with van der Waals surface area (Å²) in [6, 6.07) is 10.6. The molecule has 25 heavy (non-hydrogen) atoms. The molecule has 3 rings (SSSR count). The molecule has 0 N–H and O–H groups in total. The van der Waals surface area contributed by atoms with Gasteiger partial charge < -0.3 is 4.74 Å². The smallest absolute Gasteiger partial charge is 0.311 e. The van der Waals surface area contributed by atoms with E-state index < -0.39 is 0 Å². The number of nitrogens with zero attached hydrogens (tertiary/aromatic N) is 1. The van der Waals surface area contributed by atoms with E-state index >= 15 is 0 Å². The number of esters is 1. The molecule has 0 bridgehead atoms. The highest BCUT2D eigenvalue weighted by atomic mass is 35.5. The molecule has 132 valence electrons. The van der Waals surface area contributed by atoms with Crippen LogP contribution in [0.25, 0.3) is 0 Å². The molecule has 0 amide bonds.